The van der Waals surface area contributed by atoms with Crippen LogP contribution in [0.2, 0.25) is 0 Å². The Morgan fingerprint density at radius 1 is 1.18 bits per heavy atom. The molecule has 156 valence electrons. The number of likely N-dealkylation sites (tertiary alicyclic amines) is 1. The lowest BCUT2D eigenvalue weighted by Gasteiger charge is -2.23. The first-order valence-electron chi connectivity index (χ1n) is 9.50. The van der Waals surface area contributed by atoms with Crippen LogP contribution in [-0.2, 0) is 16.0 Å². The molecule has 1 saturated heterocycles. The molecule has 3 rings (SSSR count). The highest BCUT2D eigenvalue weighted by atomic mass is 16.2. The van der Waals surface area contributed by atoms with Crippen molar-refractivity contribution in [3.05, 3.63) is 32.3 Å². The molecule has 1 aliphatic heterocycles. The van der Waals surface area contributed by atoms with Gasteiger partial charge in [-0.25, -0.2) is 0 Å². The first kappa shape index (κ1) is 21.9. The van der Waals surface area contributed by atoms with Crippen molar-refractivity contribution in [3.63, 3.8) is 0 Å². The number of rotatable bonds is 5. The summed E-state index contributed by atoms with van der Waals surface area (Å²) in [4.78, 5) is 50.0. The summed E-state index contributed by atoms with van der Waals surface area (Å²) in [6, 6.07) is 1.04. The Hall–Kier alpha value is -2.38. The standard InChI is InChI=1S/C19H28N4O4.CH4/c1-19(2,3)8-17(26)23-9-13(11-4-5-11)14(10-23)20-15(24)6-12-7-16(25)21-22-18(12)27;/h7,11,13-14H,4-6,8-10H2,1-3H3,(H,20,24)(H,21,25)(H,22,27);1H4/t13-,14+;/m0./s1. The highest BCUT2D eigenvalue weighted by Gasteiger charge is 2.44. The third kappa shape index (κ3) is 5.56. The number of H-pyrrole nitrogens is 2. The van der Waals surface area contributed by atoms with Crippen LogP contribution in [-0.4, -0.2) is 46.0 Å². The van der Waals surface area contributed by atoms with Crippen LogP contribution in [0, 0.1) is 17.3 Å². The predicted octanol–water partition coefficient (Wildman–Crippen LogP) is 1.03. The van der Waals surface area contributed by atoms with Gasteiger partial charge in [-0.2, -0.15) is 0 Å². The Morgan fingerprint density at radius 2 is 1.86 bits per heavy atom. The first-order chi connectivity index (χ1) is 12.6. The first-order valence-corrected chi connectivity index (χ1v) is 9.50. The van der Waals surface area contributed by atoms with Crippen molar-refractivity contribution in [2.45, 2.75) is 59.9 Å². The van der Waals surface area contributed by atoms with E-state index in [0.29, 0.717) is 25.4 Å². The maximum Gasteiger partial charge on any atom is 0.266 e. The van der Waals surface area contributed by atoms with Gasteiger partial charge in [0.25, 0.3) is 11.1 Å². The van der Waals surface area contributed by atoms with Crippen molar-refractivity contribution in [1.29, 1.82) is 0 Å². The van der Waals surface area contributed by atoms with Crippen molar-refractivity contribution in [2.24, 2.45) is 17.3 Å². The number of amides is 2. The van der Waals surface area contributed by atoms with E-state index < -0.39 is 11.1 Å². The molecular weight excluding hydrogens is 360 g/mol. The molecule has 0 radical (unpaired) electrons. The van der Waals surface area contributed by atoms with Crippen molar-refractivity contribution in [1.82, 2.24) is 20.4 Å². The molecule has 0 unspecified atom stereocenters. The van der Waals surface area contributed by atoms with E-state index in [-0.39, 0.29) is 48.6 Å². The summed E-state index contributed by atoms with van der Waals surface area (Å²) in [7, 11) is 0. The molecule has 1 aromatic rings. The normalized spacial score (nSPS) is 21.9. The minimum Gasteiger partial charge on any atom is -0.351 e. The molecule has 2 heterocycles. The summed E-state index contributed by atoms with van der Waals surface area (Å²) in [5.74, 6) is 0.629. The van der Waals surface area contributed by atoms with Gasteiger partial charge >= 0.3 is 0 Å². The van der Waals surface area contributed by atoms with Crippen molar-refractivity contribution < 1.29 is 9.59 Å². The van der Waals surface area contributed by atoms with Crippen LogP contribution in [0.4, 0.5) is 0 Å². The molecule has 0 aromatic carbocycles. The number of nitrogens with zero attached hydrogens (tertiary/aromatic N) is 1. The molecule has 8 nitrogen and oxygen atoms in total. The van der Waals surface area contributed by atoms with Gasteiger partial charge in [0.2, 0.25) is 11.8 Å². The van der Waals surface area contributed by atoms with E-state index >= 15 is 0 Å². The van der Waals surface area contributed by atoms with Crippen LogP contribution in [0.15, 0.2) is 15.7 Å². The molecule has 2 atom stereocenters. The van der Waals surface area contributed by atoms with Gasteiger partial charge in [-0.05, 0) is 24.2 Å². The highest BCUT2D eigenvalue weighted by Crippen LogP contribution is 2.41. The van der Waals surface area contributed by atoms with Gasteiger partial charge in [0.05, 0.1) is 12.5 Å². The van der Waals surface area contributed by atoms with E-state index in [1.807, 2.05) is 25.7 Å². The van der Waals surface area contributed by atoms with Crippen LogP contribution in [0.3, 0.4) is 0 Å². The number of nitrogens with one attached hydrogen (secondary N) is 3. The lowest BCUT2D eigenvalue weighted by atomic mass is 9.91. The van der Waals surface area contributed by atoms with Gasteiger partial charge in [0.15, 0.2) is 0 Å². The van der Waals surface area contributed by atoms with Crippen LogP contribution in [0.5, 0.6) is 0 Å². The van der Waals surface area contributed by atoms with Gasteiger partial charge in [-0.1, -0.05) is 28.2 Å². The van der Waals surface area contributed by atoms with Gasteiger partial charge in [-0.3, -0.25) is 29.4 Å². The third-order valence-corrected chi connectivity index (χ3v) is 5.22. The topological polar surface area (TPSA) is 115 Å². The Kier molecular flexibility index (Phi) is 6.52. The summed E-state index contributed by atoms with van der Waals surface area (Å²) in [6.45, 7) is 7.30. The monoisotopic (exact) mass is 392 g/mol. The number of hydrogen-bond acceptors (Lipinski definition) is 4. The number of aromatic nitrogens is 2. The molecule has 1 aliphatic carbocycles. The second-order valence-corrected chi connectivity index (χ2v) is 9.00. The average Bonchev–Trinajstić information content (AvgIpc) is 3.30. The average molecular weight is 393 g/mol. The summed E-state index contributed by atoms with van der Waals surface area (Å²) in [6.07, 6.45) is 2.59. The van der Waals surface area contributed by atoms with Crippen LogP contribution in [0.25, 0.3) is 0 Å². The Morgan fingerprint density at radius 3 is 2.46 bits per heavy atom. The quantitative estimate of drug-likeness (QED) is 0.694. The smallest absolute Gasteiger partial charge is 0.266 e. The zero-order valence-electron chi connectivity index (χ0n) is 16.1. The fraction of sp³-hybridized carbons (Fsp3) is 0.700. The van der Waals surface area contributed by atoms with E-state index in [1.54, 1.807) is 0 Å². The number of carbonyl (C=O) groups is 2. The van der Waals surface area contributed by atoms with Crippen LogP contribution in [0.1, 0.15) is 53.0 Å². The van der Waals surface area contributed by atoms with E-state index in [4.69, 9.17) is 0 Å². The van der Waals surface area contributed by atoms with Crippen molar-refractivity contribution >= 4 is 11.8 Å². The minimum absolute atomic E-state index is 0. The van der Waals surface area contributed by atoms with Gasteiger partial charge in [0.1, 0.15) is 0 Å². The predicted molar refractivity (Wildman–Crippen MR) is 107 cm³/mol. The molecule has 1 aromatic heterocycles. The van der Waals surface area contributed by atoms with E-state index in [0.717, 1.165) is 18.9 Å². The van der Waals surface area contributed by atoms with Gasteiger partial charge in [-0.15, -0.1) is 0 Å². The molecule has 3 N–H and O–H groups in total. The molecule has 0 spiro atoms. The molecule has 1 saturated carbocycles. The lowest BCUT2D eigenvalue weighted by Crippen LogP contribution is -2.43. The Labute approximate surface area is 165 Å². The second kappa shape index (κ2) is 8.32. The zero-order chi connectivity index (χ0) is 19.8. The summed E-state index contributed by atoms with van der Waals surface area (Å²) in [5, 5.41) is 7.40. The van der Waals surface area contributed by atoms with Crippen molar-refractivity contribution in [3.8, 4) is 0 Å². The number of aromatic amines is 2. The van der Waals surface area contributed by atoms with Crippen LogP contribution >= 0.6 is 0 Å². The summed E-state index contributed by atoms with van der Waals surface area (Å²) in [5.41, 5.74) is -0.864. The SMILES string of the molecule is C.CC(C)(C)CC(=O)N1C[C@@H](NC(=O)Cc2cc(=O)[nH][nH]c2=O)[C@H](C2CC2)C1. The Bertz CT molecular complexity index is 832. The maximum atomic E-state index is 12.6. The minimum atomic E-state index is -0.475. The van der Waals surface area contributed by atoms with Gasteiger partial charge in [0, 0.05) is 37.1 Å². The molecule has 2 amide bonds. The number of hydrogen-bond donors (Lipinski definition) is 3. The molecule has 2 fully saturated rings. The largest absolute Gasteiger partial charge is 0.351 e. The molecule has 28 heavy (non-hydrogen) atoms. The lowest BCUT2D eigenvalue weighted by molar-refractivity contribution is -0.132. The van der Waals surface area contributed by atoms with E-state index in [9.17, 15) is 19.2 Å². The summed E-state index contributed by atoms with van der Waals surface area (Å²) < 4.78 is 0. The second-order valence-electron chi connectivity index (χ2n) is 9.00. The van der Waals surface area contributed by atoms with Gasteiger partial charge < -0.3 is 10.2 Å². The molecule has 2 aliphatic rings. The summed E-state index contributed by atoms with van der Waals surface area (Å²) >= 11 is 0. The number of carbonyl (C=O) groups excluding carboxylic acids is 2. The zero-order valence-corrected chi connectivity index (χ0v) is 16.1. The highest BCUT2D eigenvalue weighted by molar-refractivity contribution is 5.80. The van der Waals surface area contributed by atoms with Crippen molar-refractivity contribution in [2.75, 3.05) is 13.1 Å². The third-order valence-electron chi connectivity index (χ3n) is 5.22. The Balaban J connectivity index is 0.00000280. The molecule has 8 heteroatoms. The molecular formula is C20H32N4O4. The fourth-order valence-electron chi connectivity index (χ4n) is 3.77. The fourth-order valence-corrected chi connectivity index (χ4v) is 3.77. The molecule has 0 bridgehead atoms. The van der Waals surface area contributed by atoms with Crippen LogP contribution < -0.4 is 16.4 Å². The van der Waals surface area contributed by atoms with E-state index in [2.05, 4.69) is 15.5 Å². The maximum absolute atomic E-state index is 12.6. The van der Waals surface area contributed by atoms with E-state index in [1.165, 1.54) is 0 Å².